The summed E-state index contributed by atoms with van der Waals surface area (Å²) < 4.78 is 36.4. The summed E-state index contributed by atoms with van der Waals surface area (Å²) in [5.41, 5.74) is 0.206. The van der Waals surface area contributed by atoms with Gasteiger partial charge in [-0.05, 0) is 33.3 Å². The zero-order valence-corrected chi connectivity index (χ0v) is 15.3. The van der Waals surface area contributed by atoms with E-state index in [1.807, 2.05) is 37.3 Å². The summed E-state index contributed by atoms with van der Waals surface area (Å²) >= 11 is 0. The number of hydrogen-bond donors (Lipinski definition) is 0. The van der Waals surface area contributed by atoms with E-state index in [1.165, 1.54) is 0 Å². The molecule has 6 heteroatoms. The van der Waals surface area contributed by atoms with Gasteiger partial charge in [-0.2, -0.15) is 0 Å². The predicted octanol–water partition coefficient (Wildman–Crippen LogP) is 4.43. The molecular weight excluding hydrogens is 326 g/mol. The smallest absolute Gasteiger partial charge is 0.415 e. The molecule has 2 aliphatic rings. The topological polar surface area (TPSA) is 32.8 Å². The highest BCUT2D eigenvalue weighted by atomic mass is 19.2. The number of ether oxygens (including phenoxy) is 1. The Labute approximate surface area is 147 Å². The third-order valence-electron chi connectivity index (χ3n) is 4.99. The SMILES string of the molecule is CC(c1ccccc1)N1C[C@]2(F)CC[C@](F)(C1)N2C(=O)OC(C)(C)C. The van der Waals surface area contributed by atoms with Gasteiger partial charge in [0.1, 0.15) is 5.60 Å². The lowest BCUT2D eigenvalue weighted by molar-refractivity contribution is -0.163. The summed E-state index contributed by atoms with van der Waals surface area (Å²) in [6.45, 7) is 6.97. The van der Waals surface area contributed by atoms with Crippen LogP contribution in [0.2, 0.25) is 0 Å². The van der Waals surface area contributed by atoms with Crippen LogP contribution in [-0.4, -0.2) is 46.2 Å². The maximum Gasteiger partial charge on any atom is 0.415 e. The average Bonchev–Trinajstić information content (AvgIpc) is 2.68. The minimum absolute atomic E-state index is 0.0131. The van der Waals surface area contributed by atoms with Gasteiger partial charge in [0.2, 0.25) is 11.6 Å². The minimum atomic E-state index is -2.04. The molecule has 1 amide bonds. The number of alkyl halides is 2. The molecule has 0 N–H and O–H groups in total. The van der Waals surface area contributed by atoms with Crippen LogP contribution in [0.5, 0.6) is 0 Å². The molecule has 2 fully saturated rings. The second-order valence-electron chi connectivity index (χ2n) is 8.14. The number of nitrogens with zero attached hydrogens (tertiary/aromatic N) is 2. The summed E-state index contributed by atoms with van der Waals surface area (Å²) in [6, 6.07) is 9.49. The molecule has 1 aromatic rings. The van der Waals surface area contributed by atoms with Crippen LogP contribution >= 0.6 is 0 Å². The lowest BCUT2D eigenvalue weighted by Gasteiger charge is -2.48. The van der Waals surface area contributed by atoms with Crippen LogP contribution in [0, 0.1) is 0 Å². The van der Waals surface area contributed by atoms with E-state index in [1.54, 1.807) is 25.7 Å². The Balaban J connectivity index is 1.84. The van der Waals surface area contributed by atoms with E-state index in [0.29, 0.717) is 4.90 Å². The average molecular weight is 352 g/mol. The van der Waals surface area contributed by atoms with Crippen molar-refractivity contribution in [2.75, 3.05) is 13.1 Å². The van der Waals surface area contributed by atoms with Crippen molar-refractivity contribution in [2.24, 2.45) is 0 Å². The largest absolute Gasteiger partial charge is 0.444 e. The maximum absolute atomic E-state index is 15.5. The van der Waals surface area contributed by atoms with Crippen LogP contribution in [-0.2, 0) is 4.74 Å². The first-order chi connectivity index (χ1) is 11.5. The Morgan fingerprint density at radius 1 is 1.12 bits per heavy atom. The molecule has 25 heavy (non-hydrogen) atoms. The lowest BCUT2D eigenvalue weighted by atomic mass is 10.0. The highest BCUT2D eigenvalue weighted by Crippen LogP contribution is 2.49. The molecule has 0 saturated carbocycles. The highest BCUT2D eigenvalue weighted by molar-refractivity contribution is 5.71. The molecule has 0 aliphatic carbocycles. The second kappa shape index (κ2) is 5.94. The van der Waals surface area contributed by atoms with Crippen molar-refractivity contribution in [3.63, 3.8) is 0 Å². The number of hydrogen-bond acceptors (Lipinski definition) is 3. The van der Waals surface area contributed by atoms with Gasteiger partial charge in [-0.3, -0.25) is 4.90 Å². The standard InChI is InChI=1S/C19H26F2N2O2/c1-14(15-8-6-5-7-9-15)22-12-18(20)10-11-19(21,13-22)23(18)16(24)25-17(2,3)4/h5-9,14H,10-13H2,1-4H3/t14?,18-,19+. The van der Waals surface area contributed by atoms with E-state index in [-0.39, 0.29) is 32.0 Å². The molecule has 2 bridgehead atoms. The lowest BCUT2D eigenvalue weighted by Crippen LogP contribution is -2.66. The van der Waals surface area contributed by atoms with Crippen molar-refractivity contribution in [1.29, 1.82) is 0 Å². The molecule has 0 radical (unpaired) electrons. The zero-order valence-electron chi connectivity index (χ0n) is 15.3. The molecule has 2 heterocycles. The van der Waals surface area contributed by atoms with Crippen molar-refractivity contribution in [3.8, 4) is 0 Å². The molecule has 0 spiro atoms. The van der Waals surface area contributed by atoms with Gasteiger partial charge < -0.3 is 4.74 Å². The summed E-state index contributed by atoms with van der Waals surface area (Å²) in [7, 11) is 0. The molecule has 3 rings (SSSR count). The van der Waals surface area contributed by atoms with E-state index >= 15 is 8.78 Å². The molecule has 138 valence electrons. The molecule has 0 aromatic heterocycles. The van der Waals surface area contributed by atoms with Crippen LogP contribution in [0.4, 0.5) is 13.6 Å². The van der Waals surface area contributed by atoms with Crippen LogP contribution in [0.3, 0.4) is 0 Å². The third-order valence-corrected chi connectivity index (χ3v) is 4.99. The van der Waals surface area contributed by atoms with Crippen LogP contribution in [0.25, 0.3) is 0 Å². The van der Waals surface area contributed by atoms with Crippen molar-refractivity contribution in [1.82, 2.24) is 9.80 Å². The van der Waals surface area contributed by atoms with Gasteiger partial charge in [0, 0.05) is 18.9 Å². The van der Waals surface area contributed by atoms with E-state index in [2.05, 4.69) is 0 Å². The third kappa shape index (κ3) is 3.36. The molecule has 1 unspecified atom stereocenters. The summed E-state index contributed by atoms with van der Waals surface area (Å²) in [6.07, 6.45) is -0.941. The second-order valence-corrected chi connectivity index (χ2v) is 8.14. The van der Waals surface area contributed by atoms with Crippen LogP contribution in [0.15, 0.2) is 30.3 Å². The Morgan fingerprint density at radius 2 is 1.64 bits per heavy atom. The fourth-order valence-electron chi connectivity index (χ4n) is 3.79. The first kappa shape index (κ1) is 18.1. The Bertz CT molecular complexity index is 629. The number of rotatable bonds is 2. The molecule has 3 atom stereocenters. The number of fused-ring (bicyclic) bond motifs is 2. The first-order valence-corrected chi connectivity index (χ1v) is 8.74. The number of likely N-dealkylation sites (tertiary alicyclic amines) is 1. The zero-order chi connectivity index (χ0) is 18.5. The number of carbonyl (C=O) groups excluding carboxylic acids is 1. The first-order valence-electron chi connectivity index (χ1n) is 8.74. The van der Waals surface area contributed by atoms with Gasteiger partial charge in [0.25, 0.3) is 0 Å². The van der Waals surface area contributed by atoms with Gasteiger partial charge in [-0.25, -0.2) is 18.5 Å². The van der Waals surface area contributed by atoms with E-state index in [4.69, 9.17) is 4.74 Å². The van der Waals surface area contributed by atoms with Crippen molar-refractivity contribution in [2.45, 2.75) is 63.8 Å². The fraction of sp³-hybridized carbons (Fsp3) is 0.632. The van der Waals surface area contributed by atoms with Crippen molar-refractivity contribution in [3.05, 3.63) is 35.9 Å². The maximum atomic E-state index is 15.5. The number of carbonyl (C=O) groups is 1. The van der Waals surface area contributed by atoms with Crippen molar-refractivity contribution >= 4 is 6.09 Å². The summed E-state index contributed by atoms with van der Waals surface area (Å²) in [4.78, 5) is 14.9. The fourth-order valence-corrected chi connectivity index (χ4v) is 3.79. The summed E-state index contributed by atoms with van der Waals surface area (Å²) in [5.74, 6) is -4.09. The molecule has 2 aliphatic heterocycles. The number of benzene rings is 1. The Kier molecular flexibility index (Phi) is 4.30. The van der Waals surface area contributed by atoms with Gasteiger partial charge >= 0.3 is 6.09 Å². The monoisotopic (exact) mass is 352 g/mol. The van der Waals surface area contributed by atoms with E-state index in [9.17, 15) is 4.79 Å². The molecule has 4 nitrogen and oxygen atoms in total. The van der Waals surface area contributed by atoms with Gasteiger partial charge in [0.05, 0.1) is 13.1 Å². The number of piperazine rings is 1. The number of amides is 1. The van der Waals surface area contributed by atoms with Gasteiger partial charge in [-0.1, -0.05) is 30.3 Å². The Morgan fingerprint density at radius 3 is 2.12 bits per heavy atom. The quantitative estimate of drug-likeness (QED) is 0.739. The molecular formula is C19H26F2N2O2. The number of halogens is 2. The van der Waals surface area contributed by atoms with Gasteiger partial charge in [-0.15, -0.1) is 0 Å². The molecule has 1 aromatic carbocycles. The molecule has 2 saturated heterocycles. The van der Waals surface area contributed by atoms with Crippen LogP contribution in [0.1, 0.15) is 52.1 Å². The highest BCUT2D eigenvalue weighted by Gasteiger charge is 2.64. The normalized spacial score (nSPS) is 31.0. The van der Waals surface area contributed by atoms with Crippen LogP contribution < -0.4 is 0 Å². The van der Waals surface area contributed by atoms with E-state index in [0.717, 1.165) is 5.56 Å². The Hall–Kier alpha value is -1.69. The predicted molar refractivity (Wildman–Crippen MR) is 91.4 cm³/mol. The summed E-state index contributed by atoms with van der Waals surface area (Å²) in [5, 5.41) is 0. The van der Waals surface area contributed by atoms with E-state index < -0.39 is 23.3 Å². The van der Waals surface area contributed by atoms with Gasteiger partial charge in [0.15, 0.2) is 0 Å². The van der Waals surface area contributed by atoms with Crippen molar-refractivity contribution < 1.29 is 18.3 Å². The minimum Gasteiger partial charge on any atom is -0.444 e.